The molecule has 0 heterocycles. The van der Waals surface area contributed by atoms with Gasteiger partial charge in [0.1, 0.15) is 11.6 Å². The van der Waals surface area contributed by atoms with Crippen molar-refractivity contribution in [2.45, 2.75) is 38.3 Å². The average molecular weight is 335 g/mol. The van der Waals surface area contributed by atoms with Gasteiger partial charge in [0.05, 0.1) is 10.5 Å². The maximum atomic E-state index is 14.2. The van der Waals surface area contributed by atoms with E-state index in [4.69, 9.17) is 5.73 Å². The van der Waals surface area contributed by atoms with Crippen molar-refractivity contribution in [1.29, 1.82) is 0 Å². The number of halogens is 3. The van der Waals surface area contributed by atoms with Crippen LogP contribution in [0.25, 0.3) is 0 Å². The van der Waals surface area contributed by atoms with E-state index >= 15 is 0 Å². The first kappa shape index (κ1) is 16.5. The smallest absolute Gasteiger partial charge is 0.145 e. The van der Waals surface area contributed by atoms with E-state index in [1.165, 1.54) is 12.1 Å². The van der Waals surface area contributed by atoms with E-state index in [1.54, 1.807) is 0 Å². The molecule has 0 aliphatic carbocycles. The van der Waals surface area contributed by atoms with Gasteiger partial charge in [0.15, 0.2) is 0 Å². The summed E-state index contributed by atoms with van der Waals surface area (Å²) < 4.78 is 28.4. The third-order valence-corrected chi connectivity index (χ3v) is 4.70. The van der Waals surface area contributed by atoms with E-state index in [9.17, 15) is 8.78 Å². The van der Waals surface area contributed by atoms with Crippen molar-refractivity contribution in [3.63, 3.8) is 0 Å². The van der Waals surface area contributed by atoms with Crippen LogP contribution in [-0.2, 0) is 0 Å². The molecule has 0 aromatic heterocycles. The van der Waals surface area contributed by atoms with Gasteiger partial charge in [-0.2, -0.15) is 0 Å². The van der Waals surface area contributed by atoms with Crippen LogP contribution in [0.4, 0.5) is 8.78 Å². The van der Waals surface area contributed by atoms with Gasteiger partial charge in [-0.3, -0.25) is 0 Å². The van der Waals surface area contributed by atoms with Crippen LogP contribution in [0.15, 0.2) is 16.6 Å². The Morgan fingerprint density at radius 1 is 1.26 bits per heavy atom. The van der Waals surface area contributed by atoms with E-state index in [-0.39, 0.29) is 10.0 Å². The molecule has 1 rings (SSSR count). The second kappa shape index (κ2) is 6.29. The molecular formula is C14H21BrF2N2. The van der Waals surface area contributed by atoms with Crippen LogP contribution in [0.3, 0.4) is 0 Å². The maximum absolute atomic E-state index is 14.2. The van der Waals surface area contributed by atoms with Crippen molar-refractivity contribution < 1.29 is 8.78 Å². The quantitative estimate of drug-likeness (QED) is 0.829. The normalized spacial score (nSPS) is 13.9. The van der Waals surface area contributed by atoms with Crippen LogP contribution < -0.4 is 5.73 Å². The lowest BCUT2D eigenvalue weighted by atomic mass is 9.80. The van der Waals surface area contributed by atoms with Crippen LogP contribution in [0.2, 0.25) is 0 Å². The summed E-state index contributed by atoms with van der Waals surface area (Å²) in [7, 11) is 3.78. The number of benzene rings is 1. The second-order valence-corrected chi connectivity index (χ2v) is 5.79. The molecule has 0 amide bonds. The minimum Gasteiger partial charge on any atom is -0.322 e. The predicted molar refractivity (Wildman–Crippen MR) is 78.0 cm³/mol. The molecule has 2 nitrogen and oxygen atoms in total. The van der Waals surface area contributed by atoms with Crippen molar-refractivity contribution in [2.75, 3.05) is 14.1 Å². The zero-order chi connectivity index (χ0) is 14.8. The summed E-state index contributed by atoms with van der Waals surface area (Å²) in [6.45, 7) is 3.97. The predicted octanol–water partition coefficient (Wildman–Crippen LogP) is 3.85. The van der Waals surface area contributed by atoms with Crippen LogP contribution in [0.5, 0.6) is 0 Å². The Balaban J connectivity index is 3.40. The van der Waals surface area contributed by atoms with Gasteiger partial charge in [-0.1, -0.05) is 13.8 Å². The fraction of sp³-hybridized carbons (Fsp3) is 0.571. The van der Waals surface area contributed by atoms with Crippen LogP contribution >= 0.6 is 15.9 Å². The molecule has 1 aromatic rings. The fourth-order valence-electron chi connectivity index (χ4n) is 2.70. The number of hydrogen-bond acceptors (Lipinski definition) is 2. The van der Waals surface area contributed by atoms with E-state index in [1.807, 2.05) is 32.8 Å². The maximum Gasteiger partial charge on any atom is 0.145 e. The Morgan fingerprint density at radius 2 is 1.79 bits per heavy atom. The lowest BCUT2D eigenvalue weighted by Crippen LogP contribution is -2.52. The van der Waals surface area contributed by atoms with Crippen molar-refractivity contribution in [3.05, 3.63) is 33.8 Å². The molecule has 108 valence electrons. The van der Waals surface area contributed by atoms with Gasteiger partial charge in [0.25, 0.3) is 0 Å². The molecule has 5 heteroatoms. The van der Waals surface area contributed by atoms with Crippen LogP contribution in [-0.4, -0.2) is 24.5 Å². The number of nitrogens with two attached hydrogens (primary N) is 1. The van der Waals surface area contributed by atoms with Crippen LogP contribution in [0, 0.1) is 11.6 Å². The van der Waals surface area contributed by atoms with Gasteiger partial charge in [0, 0.05) is 11.1 Å². The van der Waals surface area contributed by atoms with Gasteiger partial charge >= 0.3 is 0 Å². The van der Waals surface area contributed by atoms with E-state index in [2.05, 4.69) is 15.9 Å². The standard InChI is InChI=1S/C14H21BrF2N2/c1-5-14(6-2,19(3)4)13(18)11-10(16)8-7-9(15)12(11)17/h7-8,13H,5-6,18H2,1-4H3. The molecule has 0 aliphatic rings. The molecule has 19 heavy (non-hydrogen) atoms. The van der Waals surface area contributed by atoms with E-state index in [0.717, 1.165) is 0 Å². The summed E-state index contributed by atoms with van der Waals surface area (Å²) >= 11 is 3.09. The molecule has 0 saturated heterocycles. The molecule has 1 aromatic carbocycles. The summed E-state index contributed by atoms with van der Waals surface area (Å²) in [5, 5.41) is 0. The SMILES string of the molecule is CCC(CC)(C(N)c1c(F)ccc(Br)c1F)N(C)C. The summed E-state index contributed by atoms with van der Waals surface area (Å²) in [4.78, 5) is 1.96. The Kier molecular flexibility index (Phi) is 5.47. The summed E-state index contributed by atoms with van der Waals surface area (Å²) in [6, 6.07) is 1.87. The molecule has 0 saturated carbocycles. The van der Waals surface area contributed by atoms with E-state index < -0.39 is 23.2 Å². The monoisotopic (exact) mass is 334 g/mol. The first-order valence-electron chi connectivity index (χ1n) is 6.38. The zero-order valence-electron chi connectivity index (χ0n) is 11.8. The molecule has 0 aliphatic heterocycles. The number of likely N-dealkylation sites (N-methyl/N-ethyl adjacent to an activating group) is 1. The van der Waals surface area contributed by atoms with Gasteiger partial charge < -0.3 is 10.6 Å². The highest BCUT2D eigenvalue weighted by atomic mass is 79.9. The zero-order valence-corrected chi connectivity index (χ0v) is 13.4. The minimum absolute atomic E-state index is 0.0493. The third kappa shape index (κ3) is 2.83. The Bertz CT molecular complexity index is 445. The molecule has 1 unspecified atom stereocenters. The van der Waals surface area contributed by atoms with Gasteiger partial charge in [0.2, 0.25) is 0 Å². The number of rotatable bonds is 5. The van der Waals surface area contributed by atoms with Gasteiger partial charge in [-0.05, 0) is 55.0 Å². The molecule has 0 bridgehead atoms. The van der Waals surface area contributed by atoms with Gasteiger partial charge in [-0.25, -0.2) is 8.78 Å². The fourth-order valence-corrected chi connectivity index (χ4v) is 3.04. The molecule has 2 N–H and O–H groups in total. The number of hydrogen-bond donors (Lipinski definition) is 1. The highest BCUT2D eigenvalue weighted by Gasteiger charge is 2.39. The summed E-state index contributed by atoms with van der Waals surface area (Å²) in [5.74, 6) is -1.21. The largest absolute Gasteiger partial charge is 0.322 e. The highest BCUT2D eigenvalue weighted by molar-refractivity contribution is 9.10. The third-order valence-electron chi connectivity index (χ3n) is 4.08. The first-order chi connectivity index (χ1) is 8.81. The average Bonchev–Trinajstić information content (AvgIpc) is 2.36. The first-order valence-corrected chi connectivity index (χ1v) is 7.17. The van der Waals surface area contributed by atoms with Crippen LogP contribution in [0.1, 0.15) is 38.3 Å². The molecule has 0 fully saturated rings. The Morgan fingerprint density at radius 3 is 2.21 bits per heavy atom. The Labute approximate surface area is 122 Å². The summed E-state index contributed by atoms with van der Waals surface area (Å²) in [5.41, 5.74) is 5.71. The number of nitrogens with zero attached hydrogens (tertiary/aromatic N) is 1. The van der Waals surface area contributed by atoms with Crippen molar-refractivity contribution in [1.82, 2.24) is 4.90 Å². The summed E-state index contributed by atoms with van der Waals surface area (Å²) in [6.07, 6.45) is 1.42. The van der Waals surface area contributed by atoms with E-state index in [0.29, 0.717) is 12.8 Å². The van der Waals surface area contributed by atoms with Crippen molar-refractivity contribution >= 4 is 15.9 Å². The Hall–Kier alpha value is -0.520. The lowest BCUT2D eigenvalue weighted by molar-refractivity contribution is 0.102. The van der Waals surface area contributed by atoms with Crippen molar-refractivity contribution in [3.8, 4) is 0 Å². The molecule has 0 radical (unpaired) electrons. The molecule has 0 spiro atoms. The highest BCUT2D eigenvalue weighted by Crippen LogP contribution is 2.37. The molecule has 1 atom stereocenters. The minimum atomic E-state index is -0.727. The van der Waals surface area contributed by atoms with Gasteiger partial charge in [-0.15, -0.1) is 0 Å². The van der Waals surface area contributed by atoms with Crippen molar-refractivity contribution in [2.24, 2.45) is 5.73 Å². The lowest BCUT2D eigenvalue weighted by Gasteiger charge is -2.43. The topological polar surface area (TPSA) is 29.3 Å². The second-order valence-electron chi connectivity index (χ2n) is 4.94. The molecular weight excluding hydrogens is 314 g/mol.